The number of carbonyl (C=O) groups excluding carboxylic acids is 1. The second-order valence-corrected chi connectivity index (χ2v) is 7.96. The van der Waals surface area contributed by atoms with Crippen LogP contribution in [0.25, 0.3) is 5.70 Å². The van der Waals surface area contributed by atoms with Crippen LogP contribution >= 0.6 is 0 Å². The van der Waals surface area contributed by atoms with Gasteiger partial charge in [0.25, 0.3) is 0 Å². The Morgan fingerprint density at radius 1 is 1.21 bits per heavy atom. The Hall–Kier alpha value is -3.06. The van der Waals surface area contributed by atoms with Gasteiger partial charge in [0.15, 0.2) is 5.78 Å². The molecule has 2 aromatic carbocycles. The van der Waals surface area contributed by atoms with Crippen LogP contribution in [0, 0.1) is 0 Å². The molecule has 29 heavy (non-hydrogen) atoms. The van der Waals surface area contributed by atoms with E-state index >= 15 is 0 Å². The Kier molecular flexibility index (Phi) is 6.39. The van der Waals surface area contributed by atoms with Crippen LogP contribution in [0.3, 0.4) is 0 Å². The van der Waals surface area contributed by atoms with Crippen molar-refractivity contribution in [2.24, 2.45) is 0 Å². The summed E-state index contributed by atoms with van der Waals surface area (Å²) in [6.45, 7) is 4.27. The molecule has 1 aliphatic heterocycles. The van der Waals surface area contributed by atoms with Gasteiger partial charge in [-0.15, -0.1) is 0 Å². The Balaban J connectivity index is 2.06. The molecule has 1 atom stereocenters. The number of hydrogen-bond acceptors (Lipinski definition) is 6. The summed E-state index contributed by atoms with van der Waals surface area (Å²) in [7, 11) is 0.564. The first kappa shape index (κ1) is 20.7. The maximum absolute atomic E-state index is 12.6. The van der Waals surface area contributed by atoms with Gasteiger partial charge >= 0.3 is 0 Å². The molecule has 1 aliphatic rings. The number of benzene rings is 2. The largest absolute Gasteiger partial charge is 0.497 e. The average molecular weight is 412 g/mol. The van der Waals surface area contributed by atoms with Crippen LogP contribution in [0.5, 0.6) is 5.75 Å². The molecule has 0 fully saturated rings. The predicted molar refractivity (Wildman–Crippen MR) is 117 cm³/mol. The second kappa shape index (κ2) is 8.96. The van der Waals surface area contributed by atoms with Gasteiger partial charge in [-0.2, -0.15) is 0 Å². The number of nitrogens with zero attached hydrogens (tertiary/aromatic N) is 1. The highest BCUT2D eigenvalue weighted by Crippen LogP contribution is 2.29. The summed E-state index contributed by atoms with van der Waals surface area (Å²) in [5.41, 5.74) is 6.95. The van der Waals surface area contributed by atoms with Gasteiger partial charge in [0.2, 0.25) is 0 Å². The molecule has 3 rings (SSSR count). The first-order chi connectivity index (χ1) is 13.9. The molecule has 0 saturated carbocycles. The number of ketones is 1. The minimum absolute atomic E-state index is 0.0620. The highest BCUT2D eigenvalue weighted by atomic mass is 32.2. The molecule has 6 nitrogen and oxygen atoms in total. The number of nitrogens with one attached hydrogen (secondary N) is 2. The molecule has 0 aromatic heterocycles. The van der Waals surface area contributed by atoms with Crippen LogP contribution in [-0.2, 0) is 15.6 Å². The smallest absolute Gasteiger partial charge is 0.164 e. The lowest BCUT2D eigenvalue weighted by molar-refractivity contribution is -0.113. The summed E-state index contributed by atoms with van der Waals surface area (Å²) in [6.07, 6.45) is 3.53. The number of Topliss-reactive ketones (excluding diaryl/α,β-unsaturated/α-hetero) is 1. The van der Waals surface area contributed by atoms with Crippen LogP contribution in [0.2, 0.25) is 0 Å². The van der Waals surface area contributed by atoms with E-state index in [1.54, 1.807) is 20.3 Å². The maximum Gasteiger partial charge on any atom is 0.164 e. The van der Waals surface area contributed by atoms with Crippen LogP contribution in [0.15, 0.2) is 70.9 Å². The summed E-state index contributed by atoms with van der Waals surface area (Å²) >= 11 is 0. The van der Waals surface area contributed by atoms with E-state index in [0.717, 1.165) is 21.9 Å². The molecule has 0 aliphatic carbocycles. The lowest BCUT2D eigenvalue weighted by Crippen LogP contribution is -2.38. The highest BCUT2D eigenvalue weighted by molar-refractivity contribution is 7.84. The van der Waals surface area contributed by atoms with E-state index in [-0.39, 0.29) is 5.78 Å². The molecule has 0 amide bonds. The fourth-order valence-electron chi connectivity index (χ4n) is 3.10. The highest BCUT2D eigenvalue weighted by Gasteiger charge is 2.24. The van der Waals surface area contributed by atoms with Gasteiger partial charge in [0, 0.05) is 52.0 Å². The topological polar surface area (TPSA) is 70.7 Å². The molecule has 1 unspecified atom stereocenters. The third-order valence-corrected chi connectivity index (χ3v) is 5.51. The monoisotopic (exact) mass is 411 g/mol. The Bertz CT molecular complexity index is 997. The van der Waals surface area contributed by atoms with E-state index in [0.29, 0.717) is 23.5 Å². The van der Waals surface area contributed by atoms with Gasteiger partial charge in [-0.3, -0.25) is 19.4 Å². The summed E-state index contributed by atoms with van der Waals surface area (Å²) in [5, 5.41) is 5.27. The molecular weight excluding hydrogens is 386 g/mol. The zero-order chi connectivity index (χ0) is 21.0. The number of hydrogen-bond donors (Lipinski definition) is 2. The van der Waals surface area contributed by atoms with Crippen molar-refractivity contribution in [3.05, 3.63) is 71.6 Å². The van der Waals surface area contributed by atoms with Crippen molar-refractivity contribution in [2.75, 3.05) is 25.2 Å². The number of carbonyl (C=O) groups is 1. The summed E-state index contributed by atoms with van der Waals surface area (Å²) in [4.78, 5) is 13.3. The van der Waals surface area contributed by atoms with Crippen molar-refractivity contribution >= 4 is 28.0 Å². The number of methoxy groups -OCH3 is 1. The Labute approximate surface area is 173 Å². The maximum atomic E-state index is 12.6. The van der Waals surface area contributed by atoms with E-state index in [1.807, 2.05) is 66.7 Å². The Morgan fingerprint density at radius 2 is 1.93 bits per heavy atom. The molecule has 0 saturated heterocycles. The van der Waals surface area contributed by atoms with Crippen LogP contribution in [-0.4, -0.2) is 34.9 Å². The minimum atomic E-state index is -1.05. The number of ether oxygens (including phenoxy) is 1. The second-order valence-electron chi connectivity index (χ2n) is 6.58. The first-order valence-corrected chi connectivity index (χ1v) is 10.8. The standard InChI is InChI=1S/C22H25N3O3S/c1-5-25-14-20(23-17-7-6-8-18(13-17)28-3)21(15(2)26)22(24-25)16-9-11-19(12-10-16)29(4)27/h6-14,23-24H,5H2,1-4H3. The number of hydrazine groups is 1. The lowest BCUT2D eigenvalue weighted by Gasteiger charge is -2.31. The number of allylic oxidation sites excluding steroid dienone is 1. The molecule has 152 valence electrons. The van der Waals surface area contributed by atoms with E-state index < -0.39 is 10.8 Å². The van der Waals surface area contributed by atoms with Crippen molar-refractivity contribution in [2.45, 2.75) is 18.7 Å². The summed E-state index contributed by atoms with van der Waals surface area (Å²) in [6, 6.07) is 15.0. The number of rotatable bonds is 7. The van der Waals surface area contributed by atoms with Crippen molar-refractivity contribution in [1.82, 2.24) is 10.4 Å². The molecule has 0 radical (unpaired) electrons. The first-order valence-electron chi connectivity index (χ1n) is 9.28. The summed E-state index contributed by atoms with van der Waals surface area (Å²) < 4.78 is 17.0. The fraction of sp³-hybridized carbons (Fsp3) is 0.227. The van der Waals surface area contributed by atoms with Crippen LogP contribution in [0.4, 0.5) is 5.69 Å². The third-order valence-electron chi connectivity index (χ3n) is 4.58. The van der Waals surface area contributed by atoms with Gasteiger partial charge in [-0.25, -0.2) is 0 Å². The SMILES string of the molecule is CCN1C=C(Nc2cccc(OC)c2)C(C(C)=O)=C(c2ccc(S(C)=O)cc2)N1. The summed E-state index contributed by atoms with van der Waals surface area (Å²) in [5.74, 6) is 0.668. The quantitative estimate of drug-likeness (QED) is 0.726. The van der Waals surface area contributed by atoms with E-state index in [4.69, 9.17) is 4.74 Å². The zero-order valence-corrected chi connectivity index (χ0v) is 17.8. The van der Waals surface area contributed by atoms with E-state index in [9.17, 15) is 9.00 Å². The van der Waals surface area contributed by atoms with Crippen LogP contribution in [0.1, 0.15) is 19.4 Å². The molecule has 1 heterocycles. The van der Waals surface area contributed by atoms with Crippen molar-refractivity contribution < 1.29 is 13.7 Å². The van der Waals surface area contributed by atoms with E-state index in [1.165, 1.54) is 0 Å². The van der Waals surface area contributed by atoms with Gasteiger partial charge in [0.1, 0.15) is 5.75 Å². The average Bonchev–Trinajstić information content (AvgIpc) is 2.73. The van der Waals surface area contributed by atoms with Gasteiger partial charge in [-0.1, -0.05) is 18.2 Å². The third kappa shape index (κ3) is 4.68. The molecule has 0 spiro atoms. The number of anilines is 1. The van der Waals surface area contributed by atoms with Crippen molar-refractivity contribution in [3.63, 3.8) is 0 Å². The molecule has 0 bridgehead atoms. The van der Waals surface area contributed by atoms with Gasteiger partial charge < -0.3 is 10.1 Å². The van der Waals surface area contributed by atoms with Crippen molar-refractivity contribution in [3.8, 4) is 5.75 Å². The minimum Gasteiger partial charge on any atom is -0.497 e. The normalized spacial score (nSPS) is 14.8. The molecule has 2 aromatic rings. The molecule has 7 heteroatoms. The van der Waals surface area contributed by atoms with Gasteiger partial charge in [0.05, 0.1) is 24.1 Å². The zero-order valence-electron chi connectivity index (χ0n) is 17.0. The van der Waals surface area contributed by atoms with Crippen molar-refractivity contribution in [1.29, 1.82) is 0 Å². The van der Waals surface area contributed by atoms with Gasteiger partial charge in [-0.05, 0) is 38.1 Å². The molecule has 2 N–H and O–H groups in total. The van der Waals surface area contributed by atoms with E-state index in [2.05, 4.69) is 10.7 Å². The Morgan fingerprint density at radius 3 is 2.52 bits per heavy atom. The van der Waals surface area contributed by atoms with Crippen LogP contribution < -0.4 is 15.5 Å². The predicted octanol–water partition coefficient (Wildman–Crippen LogP) is 3.53. The molecular formula is C22H25N3O3S. The lowest BCUT2D eigenvalue weighted by atomic mass is 9.99. The fourth-order valence-corrected chi connectivity index (χ4v) is 3.62.